The number of amides is 2. The van der Waals surface area contributed by atoms with Crippen LogP contribution in [0.2, 0.25) is 0 Å². The summed E-state index contributed by atoms with van der Waals surface area (Å²) in [5.41, 5.74) is 0. The van der Waals surface area contributed by atoms with E-state index in [0.29, 0.717) is 19.5 Å². The lowest BCUT2D eigenvalue weighted by Crippen LogP contribution is -2.43. The number of unbranched alkanes of at least 4 members (excludes halogenated alkanes) is 1. The van der Waals surface area contributed by atoms with E-state index >= 15 is 0 Å². The molecule has 2 N–H and O–H groups in total. The van der Waals surface area contributed by atoms with Crippen LogP contribution in [0.3, 0.4) is 0 Å². The van der Waals surface area contributed by atoms with Crippen molar-refractivity contribution in [1.82, 2.24) is 10.2 Å². The van der Waals surface area contributed by atoms with Gasteiger partial charge in [0.2, 0.25) is 0 Å². The van der Waals surface area contributed by atoms with Gasteiger partial charge in [-0.15, -0.1) is 12.3 Å². The summed E-state index contributed by atoms with van der Waals surface area (Å²) in [7, 11) is 0. The Bertz CT molecular complexity index is 297. The molecule has 0 heterocycles. The summed E-state index contributed by atoms with van der Waals surface area (Å²) >= 11 is 0. The van der Waals surface area contributed by atoms with E-state index in [1.54, 1.807) is 6.92 Å². The molecule has 0 saturated heterocycles. The number of aliphatic carboxylic acids is 1. The minimum Gasteiger partial charge on any atom is -0.481 e. The zero-order valence-electron chi connectivity index (χ0n) is 10.4. The number of terminal acetylenes is 1. The van der Waals surface area contributed by atoms with E-state index in [1.807, 2.05) is 6.92 Å². The fourth-order valence-electron chi connectivity index (χ4n) is 1.26. The molecule has 0 rings (SSSR count). The highest BCUT2D eigenvalue weighted by Gasteiger charge is 2.18. The first-order valence-corrected chi connectivity index (χ1v) is 5.72. The maximum Gasteiger partial charge on any atom is 0.317 e. The summed E-state index contributed by atoms with van der Waals surface area (Å²) < 4.78 is 0. The van der Waals surface area contributed by atoms with Crippen molar-refractivity contribution in [2.45, 2.75) is 26.7 Å². The number of hydrogen-bond donors (Lipinski definition) is 2. The molecule has 17 heavy (non-hydrogen) atoms. The van der Waals surface area contributed by atoms with Gasteiger partial charge in [0.1, 0.15) is 0 Å². The van der Waals surface area contributed by atoms with Crippen LogP contribution in [0.4, 0.5) is 4.79 Å². The molecule has 0 aromatic rings. The summed E-state index contributed by atoms with van der Waals surface area (Å²) in [6.07, 6.45) is 6.45. The van der Waals surface area contributed by atoms with E-state index in [9.17, 15) is 9.59 Å². The highest BCUT2D eigenvalue weighted by atomic mass is 16.4. The number of urea groups is 1. The summed E-state index contributed by atoms with van der Waals surface area (Å²) in [5, 5.41) is 11.5. The van der Waals surface area contributed by atoms with Crippen LogP contribution in [-0.4, -0.2) is 41.6 Å². The lowest BCUT2D eigenvalue weighted by molar-refractivity contribution is -0.141. The lowest BCUT2D eigenvalue weighted by atomic mass is 10.2. The third kappa shape index (κ3) is 6.46. The topological polar surface area (TPSA) is 69.6 Å². The van der Waals surface area contributed by atoms with Crippen LogP contribution in [0.15, 0.2) is 0 Å². The summed E-state index contributed by atoms with van der Waals surface area (Å²) in [6, 6.07) is -0.238. The first kappa shape index (κ1) is 15.3. The third-order valence-electron chi connectivity index (χ3n) is 2.36. The Kier molecular flexibility index (Phi) is 7.61. The maximum absolute atomic E-state index is 11.7. The zero-order chi connectivity index (χ0) is 13.3. The molecule has 0 bridgehead atoms. The van der Waals surface area contributed by atoms with Crippen LogP contribution in [0.5, 0.6) is 0 Å². The van der Waals surface area contributed by atoms with Crippen LogP contribution in [-0.2, 0) is 4.79 Å². The maximum atomic E-state index is 11.7. The molecule has 0 aromatic carbocycles. The van der Waals surface area contributed by atoms with E-state index in [0.717, 1.165) is 6.42 Å². The molecule has 0 radical (unpaired) electrons. The molecule has 0 aromatic heterocycles. The van der Waals surface area contributed by atoms with Crippen LogP contribution in [0, 0.1) is 18.3 Å². The van der Waals surface area contributed by atoms with Crippen LogP contribution in [0.1, 0.15) is 26.7 Å². The van der Waals surface area contributed by atoms with Crippen LogP contribution >= 0.6 is 0 Å². The largest absolute Gasteiger partial charge is 0.481 e. The number of carboxylic acids is 1. The van der Waals surface area contributed by atoms with Gasteiger partial charge < -0.3 is 15.3 Å². The standard InChI is InChI=1S/C12H20N2O3/c1-4-6-7-8-13-12(17)14(5-2)9-10(3)11(15)16/h1,10H,5-9H2,2-3H3,(H,13,17)(H,15,16). The van der Waals surface area contributed by atoms with Gasteiger partial charge in [-0.25, -0.2) is 4.79 Å². The summed E-state index contributed by atoms with van der Waals surface area (Å²) in [6.45, 7) is 4.61. The van der Waals surface area contributed by atoms with E-state index < -0.39 is 11.9 Å². The minimum absolute atomic E-state index is 0.215. The number of nitrogens with zero attached hydrogens (tertiary/aromatic N) is 1. The van der Waals surface area contributed by atoms with E-state index in [4.69, 9.17) is 11.5 Å². The second-order valence-electron chi connectivity index (χ2n) is 3.82. The van der Waals surface area contributed by atoms with Gasteiger partial charge in [-0.1, -0.05) is 6.92 Å². The van der Waals surface area contributed by atoms with Gasteiger partial charge in [0, 0.05) is 26.1 Å². The van der Waals surface area contributed by atoms with E-state index in [2.05, 4.69) is 11.2 Å². The third-order valence-corrected chi connectivity index (χ3v) is 2.36. The SMILES string of the molecule is C#CCCCNC(=O)N(CC)CC(C)C(=O)O. The second-order valence-corrected chi connectivity index (χ2v) is 3.82. The first-order valence-electron chi connectivity index (χ1n) is 5.72. The molecule has 1 unspecified atom stereocenters. The van der Waals surface area contributed by atoms with Gasteiger partial charge in [-0.05, 0) is 13.3 Å². The molecule has 5 nitrogen and oxygen atoms in total. The number of carboxylic acid groups (broad SMARTS) is 1. The Morgan fingerprint density at radius 3 is 2.65 bits per heavy atom. The Morgan fingerprint density at radius 1 is 1.53 bits per heavy atom. The van der Waals surface area contributed by atoms with Gasteiger partial charge in [-0.2, -0.15) is 0 Å². The lowest BCUT2D eigenvalue weighted by Gasteiger charge is -2.23. The minimum atomic E-state index is -0.899. The number of nitrogens with one attached hydrogen (secondary N) is 1. The average Bonchev–Trinajstić information content (AvgIpc) is 2.30. The highest BCUT2D eigenvalue weighted by Crippen LogP contribution is 2.00. The highest BCUT2D eigenvalue weighted by molar-refractivity contribution is 5.75. The number of rotatable bonds is 7. The first-order chi connectivity index (χ1) is 8.02. The Hall–Kier alpha value is -1.70. The fourth-order valence-corrected chi connectivity index (χ4v) is 1.26. The van der Waals surface area contributed by atoms with Crippen LogP contribution < -0.4 is 5.32 Å². The Morgan fingerprint density at radius 2 is 2.18 bits per heavy atom. The molecular formula is C12H20N2O3. The molecule has 1 atom stereocenters. The van der Waals surface area contributed by atoms with Gasteiger partial charge >= 0.3 is 12.0 Å². The number of carbonyl (C=O) groups is 2. The van der Waals surface area contributed by atoms with Crippen molar-refractivity contribution >= 4 is 12.0 Å². The van der Waals surface area contributed by atoms with Crippen LogP contribution in [0.25, 0.3) is 0 Å². The van der Waals surface area contributed by atoms with Crippen molar-refractivity contribution in [3.8, 4) is 12.3 Å². The van der Waals surface area contributed by atoms with Gasteiger partial charge in [0.25, 0.3) is 0 Å². The summed E-state index contributed by atoms with van der Waals surface area (Å²) in [4.78, 5) is 23.8. The van der Waals surface area contributed by atoms with Crippen molar-refractivity contribution in [3.63, 3.8) is 0 Å². The predicted octanol–water partition coefficient (Wildman–Crippen LogP) is 1.15. The van der Waals surface area contributed by atoms with Gasteiger partial charge in [-0.3, -0.25) is 4.79 Å². The van der Waals surface area contributed by atoms with Crippen molar-refractivity contribution in [2.75, 3.05) is 19.6 Å². The number of hydrogen-bond acceptors (Lipinski definition) is 2. The van der Waals surface area contributed by atoms with Crippen molar-refractivity contribution in [1.29, 1.82) is 0 Å². The summed E-state index contributed by atoms with van der Waals surface area (Å²) in [5.74, 6) is 1.03. The number of carbonyl (C=O) groups excluding carboxylic acids is 1. The van der Waals surface area contributed by atoms with Gasteiger partial charge in [0.05, 0.1) is 5.92 Å². The van der Waals surface area contributed by atoms with Gasteiger partial charge in [0.15, 0.2) is 0 Å². The molecule has 5 heteroatoms. The average molecular weight is 240 g/mol. The molecule has 0 spiro atoms. The van der Waals surface area contributed by atoms with Crippen molar-refractivity contribution < 1.29 is 14.7 Å². The molecular weight excluding hydrogens is 220 g/mol. The Balaban J connectivity index is 4.04. The molecule has 0 aliphatic rings. The monoisotopic (exact) mass is 240 g/mol. The Labute approximate surface area is 102 Å². The molecule has 0 saturated carbocycles. The quantitative estimate of drug-likeness (QED) is 0.518. The predicted molar refractivity (Wildman–Crippen MR) is 65.5 cm³/mol. The molecule has 2 amide bonds. The second kappa shape index (κ2) is 8.45. The molecule has 0 fully saturated rings. The van der Waals surface area contributed by atoms with E-state index in [-0.39, 0.29) is 12.6 Å². The smallest absolute Gasteiger partial charge is 0.317 e. The normalized spacial score (nSPS) is 11.4. The zero-order valence-corrected chi connectivity index (χ0v) is 10.4. The molecule has 96 valence electrons. The fraction of sp³-hybridized carbons (Fsp3) is 0.667. The molecule has 0 aliphatic carbocycles. The van der Waals surface area contributed by atoms with Crippen molar-refractivity contribution in [3.05, 3.63) is 0 Å². The molecule has 0 aliphatic heterocycles. The van der Waals surface area contributed by atoms with Crippen molar-refractivity contribution in [2.24, 2.45) is 5.92 Å². The van der Waals surface area contributed by atoms with E-state index in [1.165, 1.54) is 4.90 Å².